The van der Waals surface area contributed by atoms with E-state index in [0.29, 0.717) is 15.8 Å². The lowest BCUT2D eigenvalue weighted by molar-refractivity contribution is -0.145. The van der Waals surface area contributed by atoms with Crippen molar-refractivity contribution in [3.05, 3.63) is 68.7 Å². The van der Waals surface area contributed by atoms with Gasteiger partial charge >= 0.3 is 5.97 Å². The summed E-state index contributed by atoms with van der Waals surface area (Å²) in [7, 11) is 1.30. The number of hydrogen-bond donors (Lipinski definition) is 0. The molecule has 0 aliphatic carbocycles. The van der Waals surface area contributed by atoms with Gasteiger partial charge in [-0.05, 0) is 35.9 Å². The average molecular weight is 431 g/mol. The SMILES string of the molecule is COC(=O)C1CSC(c2cccc(Cl)c2)N1C(=O)c1ccc(Cl)cc1Cl. The van der Waals surface area contributed by atoms with Gasteiger partial charge in [0.05, 0.1) is 17.7 Å². The minimum Gasteiger partial charge on any atom is -0.467 e. The monoisotopic (exact) mass is 429 g/mol. The van der Waals surface area contributed by atoms with Crippen LogP contribution < -0.4 is 0 Å². The lowest BCUT2D eigenvalue weighted by Gasteiger charge is -2.28. The number of amides is 1. The Hall–Kier alpha value is -1.40. The maximum Gasteiger partial charge on any atom is 0.329 e. The van der Waals surface area contributed by atoms with Crippen LogP contribution in [0, 0.1) is 0 Å². The first-order chi connectivity index (χ1) is 12.4. The molecule has 1 saturated heterocycles. The Morgan fingerprint density at radius 2 is 1.85 bits per heavy atom. The Morgan fingerprint density at radius 1 is 1.12 bits per heavy atom. The van der Waals surface area contributed by atoms with E-state index in [9.17, 15) is 9.59 Å². The first kappa shape index (κ1) is 19.4. The number of hydrogen-bond acceptors (Lipinski definition) is 4. The fourth-order valence-corrected chi connectivity index (χ4v) is 4.88. The van der Waals surface area contributed by atoms with Crippen LogP contribution in [0.5, 0.6) is 0 Å². The quantitative estimate of drug-likeness (QED) is 0.637. The predicted molar refractivity (Wildman–Crippen MR) is 105 cm³/mol. The average Bonchev–Trinajstić information content (AvgIpc) is 3.05. The van der Waals surface area contributed by atoms with Gasteiger partial charge in [0.2, 0.25) is 0 Å². The van der Waals surface area contributed by atoms with Crippen LogP contribution in [-0.2, 0) is 9.53 Å². The molecule has 3 rings (SSSR count). The molecule has 0 radical (unpaired) electrons. The number of nitrogens with zero attached hydrogens (tertiary/aromatic N) is 1. The highest BCUT2D eigenvalue weighted by Crippen LogP contribution is 2.43. The summed E-state index contributed by atoms with van der Waals surface area (Å²) in [4.78, 5) is 27.0. The molecule has 1 heterocycles. The minimum atomic E-state index is -0.715. The molecule has 4 nitrogen and oxygen atoms in total. The fraction of sp³-hybridized carbons (Fsp3) is 0.222. The van der Waals surface area contributed by atoms with Gasteiger partial charge in [0, 0.05) is 15.8 Å². The Labute approximate surface area is 170 Å². The van der Waals surface area contributed by atoms with Crippen LogP contribution in [0.2, 0.25) is 15.1 Å². The smallest absolute Gasteiger partial charge is 0.329 e. The number of esters is 1. The number of carbonyl (C=O) groups excluding carboxylic acids is 2. The standard InChI is InChI=1S/C18H14Cl3NO3S/c1-25-18(24)15-9-26-17(10-3-2-4-11(19)7-10)22(15)16(23)13-6-5-12(20)8-14(13)21/h2-8,15,17H,9H2,1H3. The van der Waals surface area contributed by atoms with Gasteiger partial charge in [-0.2, -0.15) is 0 Å². The molecule has 0 aromatic heterocycles. The van der Waals surface area contributed by atoms with Crippen LogP contribution in [0.4, 0.5) is 0 Å². The van der Waals surface area contributed by atoms with Crippen LogP contribution in [0.25, 0.3) is 0 Å². The van der Waals surface area contributed by atoms with E-state index in [0.717, 1.165) is 5.56 Å². The second-order valence-electron chi connectivity index (χ2n) is 5.62. The van der Waals surface area contributed by atoms with E-state index in [-0.39, 0.29) is 21.9 Å². The first-order valence-electron chi connectivity index (χ1n) is 7.65. The normalized spacial score (nSPS) is 19.5. The number of ether oxygens (including phenoxy) is 1. The summed E-state index contributed by atoms with van der Waals surface area (Å²) in [5.74, 6) is -0.418. The Kier molecular flexibility index (Phi) is 6.03. The summed E-state index contributed by atoms with van der Waals surface area (Å²) in [6.45, 7) is 0. The molecule has 8 heteroatoms. The van der Waals surface area contributed by atoms with Gasteiger partial charge in [0.15, 0.2) is 0 Å². The highest BCUT2D eigenvalue weighted by molar-refractivity contribution is 7.99. The summed E-state index contributed by atoms with van der Waals surface area (Å²) >= 11 is 19.7. The topological polar surface area (TPSA) is 46.6 Å². The number of thioether (sulfide) groups is 1. The second kappa shape index (κ2) is 8.09. The molecule has 1 aliphatic rings. The van der Waals surface area contributed by atoms with Crippen molar-refractivity contribution in [2.24, 2.45) is 0 Å². The Morgan fingerprint density at radius 3 is 2.50 bits per heavy atom. The molecule has 136 valence electrons. The molecule has 1 aliphatic heterocycles. The molecule has 0 N–H and O–H groups in total. The van der Waals surface area contributed by atoms with Crippen molar-refractivity contribution in [1.29, 1.82) is 0 Å². The van der Waals surface area contributed by atoms with Gasteiger partial charge < -0.3 is 9.64 Å². The van der Waals surface area contributed by atoms with Crippen LogP contribution in [0.15, 0.2) is 42.5 Å². The summed E-state index contributed by atoms with van der Waals surface area (Å²) in [5.41, 5.74) is 1.10. The summed E-state index contributed by atoms with van der Waals surface area (Å²) in [6, 6.07) is 11.1. The third-order valence-corrected chi connectivity index (χ3v) is 6.11. The van der Waals surface area contributed by atoms with Crippen molar-refractivity contribution in [2.45, 2.75) is 11.4 Å². The number of rotatable bonds is 3. The molecule has 26 heavy (non-hydrogen) atoms. The zero-order valence-electron chi connectivity index (χ0n) is 13.6. The van der Waals surface area contributed by atoms with E-state index < -0.39 is 12.0 Å². The van der Waals surface area contributed by atoms with E-state index >= 15 is 0 Å². The number of carbonyl (C=O) groups is 2. The number of benzene rings is 2. The molecule has 0 bridgehead atoms. The molecular formula is C18H14Cl3NO3S. The first-order valence-corrected chi connectivity index (χ1v) is 9.83. The third kappa shape index (κ3) is 3.81. The fourth-order valence-electron chi connectivity index (χ4n) is 2.79. The molecule has 2 atom stereocenters. The summed E-state index contributed by atoms with van der Waals surface area (Å²) in [5, 5.41) is 0.838. The van der Waals surface area contributed by atoms with E-state index in [2.05, 4.69) is 0 Å². The molecule has 0 spiro atoms. The van der Waals surface area contributed by atoms with E-state index in [1.54, 1.807) is 24.3 Å². The van der Waals surface area contributed by atoms with Crippen LogP contribution in [-0.4, -0.2) is 35.7 Å². The Bertz CT molecular complexity index is 861. The van der Waals surface area contributed by atoms with Crippen molar-refractivity contribution in [3.63, 3.8) is 0 Å². The molecule has 0 saturated carbocycles. The highest BCUT2D eigenvalue weighted by atomic mass is 35.5. The van der Waals surface area contributed by atoms with Gasteiger partial charge in [-0.25, -0.2) is 4.79 Å². The number of methoxy groups -OCH3 is 1. The van der Waals surface area contributed by atoms with Crippen molar-refractivity contribution >= 4 is 58.4 Å². The maximum absolute atomic E-state index is 13.2. The van der Waals surface area contributed by atoms with E-state index in [1.807, 2.05) is 12.1 Å². The summed E-state index contributed by atoms with van der Waals surface area (Å²) < 4.78 is 4.88. The zero-order chi connectivity index (χ0) is 18.8. The van der Waals surface area contributed by atoms with Crippen LogP contribution in [0.1, 0.15) is 21.3 Å². The maximum atomic E-state index is 13.2. The van der Waals surface area contributed by atoms with Crippen molar-refractivity contribution in [3.8, 4) is 0 Å². The van der Waals surface area contributed by atoms with Crippen LogP contribution >= 0.6 is 46.6 Å². The second-order valence-corrected chi connectivity index (χ2v) is 8.01. The lowest BCUT2D eigenvalue weighted by atomic mass is 10.1. The third-order valence-electron chi connectivity index (χ3n) is 4.00. The molecule has 2 aromatic carbocycles. The molecular weight excluding hydrogens is 417 g/mol. The number of halogens is 3. The molecule has 1 fully saturated rings. The van der Waals surface area contributed by atoms with E-state index in [1.165, 1.54) is 29.8 Å². The van der Waals surface area contributed by atoms with Crippen LogP contribution in [0.3, 0.4) is 0 Å². The molecule has 2 aromatic rings. The zero-order valence-corrected chi connectivity index (χ0v) is 16.7. The summed E-state index contributed by atoms with van der Waals surface area (Å²) in [6.07, 6.45) is 0. The van der Waals surface area contributed by atoms with Gasteiger partial charge in [0.1, 0.15) is 11.4 Å². The highest BCUT2D eigenvalue weighted by Gasteiger charge is 2.43. The predicted octanol–water partition coefficient (Wildman–Crippen LogP) is 5.08. The van der Waals surface area contributed by atoms with Gasteiger partial charge in [-0.1, -0.05) is 46.9 Å². The molecule has 2 unspecified atom stereocenters. The minimum absolute atomic E-state index is 0.229. The van der Waals surface area contributed by atoms with Crippen molar-refractivity contribution < 1.29 is 14.3 Å². The van der Waals surface area contributed by atoms with Crippen molar-refractivity contribution in [2.75, 3.05) is 12.9 Å². The Balaban J connectivity index is 2.03. The van der Waals surface area contributed by atoms with Gasteiger partial charge in [-0.15, -0.1) is 11.8 Å². The van der Waals surface area contributed by atoms with Gasteiger partial charge in [-0.3, -0.25) is 4.79 Å². The van der Waals surface area contributed by atoms with E-state index in [4.69, 9.17) is 39.5 Å². The van der Waals surface area contributed by atoms with Crippen molar-refractivity contribution in [1.82, 2.24) is 4.90 Å². The lowest BCUT2D eigenvalue weighted by Crippen LogP contribution is -2.43. The largest absolute Gasteiger partial charge is 0.467 e. The molecule has 1 amide bonds. The van der Waals surface area contributed by atoms with Gasteiger partial charge in [0.25, 0.3) is 5.91 Å².